The second-order valence-corrected chi connectivity index (χ2v) is 5.17. The molecule has 2 heterocycles. The van der Waals surface area contributed by atoms with Crippen molar-refractivity contribution in [2.75, 3.05) is 19.7 Å². The second kappa shape index (κ2) is 4.40. The molecule has 15 heavy (non-hydrogen) atoms. The summed E-state index contributed by atoms with van der Waals surface area (Å²) < 4.78 is 5.76. The van der Waals surface area contributed by atoms with Gasteiger partial charge in [-0.3, -0.25) is 10.2 Å². The Kier molecular flexibility index (Phi) is 2.95. The first kappa shape index (κ1) is 10.1. The van der Waals surface area contributed by atoms with Crippen LogP contribution >= 0.6 is 0 Å². The van der Waals surface area contributed by atoms with Gasteiger partial charge >= 0.3 is 0 Å². The lowest BCUT2D eigenvalue weighted by atomic mass is 9.78. The van der Waals surface area contributed by atoms with Crippen LogP contribution in [-0.2, 0) is 4.74 Å². The fourth-order valence-corrected chi connectivity index (χ4v) is 3.58. The molecule has 0 bridgehead atoms. The molecule has 0 aromatic rings. The van der Waals surface area contributed by atoms with Crippen LogP contribution in [0.15, 0.2) is 0 Å². The number of rotatable bonds is 1. The molecule has 3 heteroatoms. The van der Waals surface area contributed by atoms with Crippen LogP contribution in [0.3, 0.4) is 0 Å². The van der Waals surface area contributed by atoms with E-state index < -0.39 is 0 Å². The normalized spacial score (nSPS) is 42.8. The molecule has 0 aromatic carbocycles. The van der Waals surface area contributed by atoms with Crippen LogP contribution in [-0.4, -0.2) is 37.0 Å². The highest BCUT2D eigenvalue weighted by atomic mass is 16.5. The maximum atomic E-state index is 5.76. The number of ether oxygens (including phenoxy) is 1. The Morgan fingerprint density at radius 1 is 1.07 bits per heavy atom. The molecule has 1 saturated carbocycles. The second-order valence-electron chi connectivity index (χ2n) is 5.17. The summed E-state index contributed by atoms with van der Waals surface area (Å²) in [7, 11) is 0. The van der Waals surface area contributed by atoms with E-state index in [2.05, 4.69) is 10.2 Å². The van der Waals surface area contributed by atoms with Crippen molar-refractivity contribution in [3.8, 4) is 0 Å². The van der Waals surface area contributed by atoms with Crippen molar-refractivity contribution in [2.24, 2.45) is 5.92 Å². The molecule has 1 aliphatic carbocycles. The topological polar surface area (TPSA) is 24.5 Å². The van der Waals surface area contributed by atoms with Crippen LogP contribution in [0.25, 0.3) is 0 Å². The molecule has 2 aliphatic heterocycles. The van der Waals surface area contributed by atoms with Gasteiger partial charge in [-0.25, -0.2) is 0 Å². The Hall–Kier alpha value is -0.120. The average molecular weight is 210 g/mol. The van der Waals surface area contributed by atoms with Crippen LogP contribution in [0.5, 0.6) is 0 Å². The standard InChI is InChI=1S/C12H22N2O/c1-2-6-11-10(4-1)5-3-8-14(11)12-13-7-9-15-12/h10-13H,1-9H2. The van der Waals surface area contributed by atoms with Gasteiger partial charge in [0.05, 0.1) is 6.61 Å². The summed E-state index contributed by atoms with van der Waals surface area (Å²) in [4.78, 5) is 2.60. The fourth-order valence-electron chi connectivity index (χ4n) is 3.58. The van der Waals surface area contributed by atoms with E-state index in [1.807, 2.05) is 0 Å². The van der Waals surface area contributed by atoms with Crippen molar-refractivity contribution >= 4 is 0 Å². The summed E-state index contributed by atoms with van der Waals surface area (Å²) in [5.74, 6) is 0.957. The van der Waals surface area contributed by atoms with Crippen molar-refractivity contribution in [1.29, 1.82) is 0 Å². The molecule has 1 N–H and O–H groups in total. The Balaban J connectivity index is 1.69. The van der Waals surface area contributed by atoms with Crippen LogP contribution in [0.4, 0.5) is 0 Å². The molecule has 3 atom stereocenters. The molecule has 0 radical (unpaired) electrons. The molecule has 3 rings (SSSR count). The average Bonchev–Trinajstić information content (AvgIpc) is 2.82. The van der Waals surface area contributed by atoms with E-state index in [-0.39, 0.29) is 6.35 Å². The maximum Gasteiger partial charge on any atom is 0.166 e. The van der Waals surface area contributed by atoms with Gasteiger partial charge in [0.25, 0.3) is 0 Å². The molecule has 0 spiro atoms. The van der Waals surface area contributed by atoms with Crippen molar-refractivity contribution in [2.45, 2.75) is 50.9 Å². The van der Waals surface area contributed by atoms with E-state index in [9.17, 15) is 0 Å². The zero-order chi connectivity index (χ0) is 10.1. The summed E-state index contributed by atoms with van der Waals surface area (Å²) in [5.41, 5.74) is 0. The fraction of sp³-hybridized carbons (Fsp3) is 1.00. The van der Waals surface area contributed by atoms with Gasteiger partial charge in [-0.1, -0.05) is 12.8 Å². The van der Waals surface area contributed by atoms with Crippen molar-refractivity contribution in [3.63, 3.8) is 0 Å². The Bertz CT molecular complexity index is 214. The first-order valence-corrected chi connectivity index (χ1v) is 6.56. The highest BCUT2D eigenvalue weighted by molar-refractivity contribution is 4.88. The van der Waals surface area contributed by atoms with E-state index >= 15 is 0 Å². The Morgan fingerprint density at radius 2 is 1.93 bits per heavy atom. The number of hydrogen-bond donors (Lipinski definition) is 1. The molecule has 3 unspecified atom stereocenters. The lowest BCUT2D eigenvalue weighted by Gasteiger charge is -2.46. The van der Waals surface area contributed by atoms with Crippen LogP contribution in [0.2, 0.25) is 0 Å². The highest BCUT2D eigenvalue weighted by Crippen LogP contribution is 2.36. The number of nitrogens with zero attached hydrogens (tertiary/aromatic N) is 1. The van der Waals surface area contributed by atoms with Crippen LogP contribution < -0.4 is 5.32 Å². The zero-order valence-electron chi connectivity index (χ0n) is 9.45. The maximum absolute atomic E-state index is 5.76. The quantitative estimate of drug-likeness (QED) is 0.710. The highest BCUT2D eigenvalue weighted by Gasteiger charge is 2.37. The third kappa shape index (κ3) is 1.93. The number of piperidine rings is 1. The molecular weight excluding hydrogens is 188 g/mol. The SMILES string of the molecule is C1CCC2C(C1)CCCN2C1NCCO1. The minimum Gasteiger partial charge on any atom is -0.348 e. The van der Waals surface area contributed by atoms with E-state index in [1.54, 1.807) is 0 Å². The third-order valence-electron chi connectivity index (χ3n) is 4.28. The van der Waals surface area contributed by atoms with Gasteiger partial charge in [0.15, 0.2) is 6.35 Å². The Labute approximate surface area is 92.2 Å². The number of nitrogens with one attached hydrogen (secondary N) is 1. The van der Waals surface area contributed by atoms with Gasteiger partial charge in [-0.15, -0.1) is 0 Å². The summed E-state index contributed by atoms with van der Waals surface area (Å²) in [6, 6.07) is 0.808. The minimum atomic E-state index is 0.232. The molecule has 2 saturated heterocycles. The smallest absolute Gasteiger partial charge is 0.166 e. The van der Waals surface area contributed by atoms with Gasteiger partial charge < -0.3 is 4.74 Å². The monoisotopic (exact) mass is 210 g/mol. The van der Waals surface area contributed by atoms with E-state index in [4.69, 9.17) is 4.74 Å². The number of likely N-dealkylation sites (tertiary alicyclic amines) is 1. The predicted octanol–water partition coefficient (Wildman–Crippen LogP) is 1.54. The first-order valence-electron chi connectivity index (χ1n) is 6.56. The van der Waals surface area contributed by atoms with Gasteiger partial charge in [0.2, 0.25) is 0 Å². The first-order chi connectivity index (χ1) is 7.45. The zero-order valence-corrected chi connectivity index (χ0v) is 9.45. The summed E-state index contributed by atoms with van der Waals surface area (Å²) in [6.07, 6.45) is 8.77. The summed E-state index contributed by atoms with van der Waals surface area (Å²) in [5, 5.41) is 3.46. The molecule has 86 valence electrons. The molecule has 0 aromatic heterocycles. The lowest BCUT2D eigenvalue weighted by Crippen LogP contribution is -2.55. The van der Waals surface area contributed by atoms with E-state index in [0.717, 1.165) is 25.1 Å². The van der Waals surface area contributed by atoms with E-state index in [0.29, 0.717) is 0 Å². The Morgan fingerprint density at radius 3 is 2.80 bits per heavy atom. The third-order valence-corrected chi connectivity index (χ3v) is 4.28. The lowest BCUT2D eigenvalue weighted by molar-refractivity contribution is -0.0908. The molecule has 3 aliphatic rings. The van der Waals surface area contributed by atoms with Crippen molar-refractivity contribution < 1.29 is 4.74 Å². The molecule has 3 nitrogen and oxygen atoms in total. The summed E-state index contributed by atoms with van der Waals surface area (Å²) >= 11 is 0. The van der Waals surface area contributed by atoms with Gasteiger partial charge in [0, 0.05) is 19.1 Å². The van der Waals surface area contributed by atoms with Crippen LogP contribution in [0, 0.1) is 5.92 Å². The predicted molar refractivity (Wildman–Crippen MR) is 59.4 cm³/mol. The van der Waals surface area contributed by atoms with Crippen LogP contribution in [0.1, 0.15) is 38.5 Å². The largest absolute Gasteiger partial charge is 0.348 e. The van der Waals surface area contributed by atoms with Crippen molar-refractivity contribution in [3.05, 3.63) is 0 Å². The molecular formula is C12H22N2O. The van der Waals surface area contributed by atoms with Gasteiger partial charge in [-0.05, 0) is 31.6 Å². The van der Waals surface area contributed by atoms with Crippen molar-refractivity contribution in [1.82, 2.24) is 10.2 Å². The van der Waals surface area contributed by atoms with Gasteiger partial charge in [0.1, 0.15) is 0 Å². The summed E-state index contributed by atoms with van der Waals surface area (Å²) in [6.45, 7) is 3.15. The minimum absolute atomic E-state index is 0.232. The van der Waals surface area contributed by atoms with Gasteiger partial charge in [-0.2, -0.15) is 0 Å². The number of fused-ring (bicyclic) bond motifs is 1. The molecule has 0 amide bonds. The molecule has 3 fully saturated rings. The van der Waals surface area contributed by atoms with E-state index in [1.165, 1.54) is 45.1 Å². The number of hydrogen-bond acceptors (Lipinski definition) is 3.